The summed E-state index contributed by atoms with van der Waals surface area (Å²) < 4.78 is 7.10. The molecule has 1 N–H and O–H groups in total. The van der Waals surface area contributed by atoms with E-state index in [1.807, 2.05) is 0 Å². The van der Waals surface area contributed by atoms with Gasteiger partial charge in [0.2, 0.25) is 0 Å². The third-order valence-corrected chi connectivity index (χ3v) is 4.72. The van der Waals surface area contributed by atoms with E-state index >= 15 is 0 Å². The Morgan fingerprint density at radius 3 is 3.05 bits per heavy atom. The molecule has 3 rings (SSSR count). The Morgan fingerprint density at radius 1 is 1.26 bits per heavy atom. The van der Waals surface area contributed by atoms with Crippen molar-refractivity contribution in [2.75, 3.05) is 19.8 Å². The zero-order chi connectivity index (χ0) is 12.9. The SMILES string of the molecule is c1cc2cc(CCOCCCC3CCN3)ccc2s1. The fourth-order valence-corrected chi connectivity index (χ4v) is 3.26. The molecule has 102 valence electrons. The van der Waals surface area contributed by atoms with Crippen molar-refractivity contribution in [2.45, 2.75) is 31.7 Å². The Kier molecular flexibility index (Phi) is 4.49. The highest BCUT2D eigenvalue weighted by Crippen LogP contribution is 2.21. The van der Waals surface area contributed by atoms with Gasteiger partial charge in [0.15, 0.2) is 0 Å². The second-order valence-electron chi connectivity index (χ2n) is 5.24. The summed E-state index contributed by atoms with van der Waals surface area (Å²) in [6, 6.07) is 9.69. The van der Waals surface area contributed by atoms with E-state index in [0.29, 0.717) is 0 Å². The number of fused-ring (bicyclic) bond motifs is 1. The van der Waals surface area contributed by atoms with Crippen LogP contribution in [0.3, 0.4) is 0 Å². The molecule has 0 aliphatic carbocycles. The fraction of sp³-hybridized carbons (Fsp3) is 0.500. The molecule has 1 aromatic carbocycles. The number of hydrogen-bond donors (Lipinski definition) is 1. The van der Waals surface area contributed by atoms with Crippen LogP contribution in [-0.2, 0) is 11.2 Å². The second-order valence-corrected chi connectivity index (χ2v) is 6.18. The summed E-state index contributed by atoms with van der Waals surface area (Å²) >= 11 is 1.80. The van der Waals surface area contributed by atoms with Gasteiger partial charge in [0.1, 0.15) is 0 Å². The molecular weight excluding hydrogens is 254 g/mol. The van der Waals surface area contributed by atoms with Crippen LogP contribution in [-0.4, -0.2) is 25.8 Å². The molecule has 2 heterocycles. The summed E-state index contributed by atoms with van der Waals surface area (Å²) in [5, 5.41) is 6.93. The van der Waals surface area contributed by atoms with Crippen molar-refractivity contribution in [2.24, 2.45) is 0 Å². The van der Waals surface area contributed by atoms with Crippen LogP contribution >= 0.6 is 11.3 Å². The van der Waals surface area contributed by atoms with E-state index in [1.54, 1.807) is 11.3 Å². The van der Waals surface area contributed by atoms with Crippen LogP contribution in [0.4, 0.5) is 0 Å². The molecule has 1 saturated heterocycles. The number of rotatable bonds is 7. The first kappa shape index (κ1) is 13.1. The van der Waals surface area contributed by atoms with Crippen molar-refractivity contribution >= 4 is 21.4 Å². The fourth-order valence-electron chi connectivity index (χ4n) is 2.49. The lowest BCUT2D eigenvalue weighted by Crippen LogP contribution is -2.42. The number of benzene rings is 1. The van der Waals surface area contributed by atoms with Crippen molar-refractivity contribution in [3.05, 3.63) is 35.2 Å². The summed E-state index contributed by atoms with van der Waals surface area (Å²) in [5.41, 5.74) is 1.38. The highest BCUT2D eigenvalue weighted by atomic mass is 32.1. The quantitative estimate of drug-likeness (QED) is 0.780. The molecule has 2 nitrogen and oxygen atoms in total. The molecular formula is C16H21NOS. The monoisotopic (exact) mass is 275 g/mol. The number of thiophene rings is 1. The van der Waals surface area contributed by atoms with Crippen molar-refractivity contribution in [1.82, 2.24) is 5.32 Å². The minimum Gasteiger partial charge on any atom is -0.381 e. The number of hydrogen-bond acceptors (Lipinski definition) is 3. The maximum absolute atomic E-state index is 5.72. The average molecular weight is 275 g/mol. The molecule has 1 unspecified atom stereocenters. The normalized spacial score (nSPS) is 18.6. The maximum Gasteiger partial charge on any atom is 0.0506 e. The van der Waals surface area contributed by atoms with Gasteiger partial charge in [0.05, 0.1) is 6.61 Å². The molecule has 1 aliphatic heterocycles. The summed E-state index contributed by atoms with van der Waals surface area (Å²) in [7, 11) is 0. The summed E-state index contributed by atoms with van der Waals surface area (Å²) in [4.78, 5) is 0. The van der Waals surface area contributed by atoms with E-state index < -0.39 is 0 Å². The minimum atomic E-state index is 0.768. The number of ether oxygens (including phenoxy) is 1. The Morgan fingerprint density at radius 2 is 2.21 bits per heavy atom. The minimum absolute atomic E-state index is 0.768. The number of nitrogens with one attached hydrogen (secondary N) is 1. The van der Waals surface area contributed by atoms with Crippen LogP contribution in [0.2, 0.25) is 0 Å². The predicted octanol–water partition coefficient (Wildman–Crippen LogP) is 3.60. The molecule has 1 aliphatic rings. The molecule has 0 radical (unpaired) electrons. The molecule has 0 amide bonds. The first-order chi connectivity index (χ1) is 9.42. The maximum atomic E-state index is 5.72. The Bertz CT molecular complexity index is 518. The van der Waals surface area contributed by atoms with Crippen molar-refractivity contribution in [3.8, 4) is 0 Å². The topological polar surface area (TPSA) is 21.3 Å². The van der Waals surface area contributed by atoms with Gasteiger partial charge >= 0.3 is 0 Å². The van der Waals surface area contributed by atoms with Crippen molar-refractivity contribution in [1.29, 1.82) is 0 Å². The predicted molar refractivity (Wildman–Crippen MR) is 82.0 cm³/mol. The Hall–Kier alpha value is -0.900. The lowest BCUT2D eigenvalue weighted by atomic mass is 10.0. The summed E-state index contributed by atoms with van der Waals surface area (Å²) in [6.45, 7) is 2.95. The first-order valence-corrected chi connectivity index (χ1v) is 8.07. The third-order valence-electron chi connectivity index (χ3n) is 3.82. The van der Waals surface area contributed by atoms with E-state index in [9.17, 15) is 0 Å². The van der Waals surface area contributed by atoms with Gasteiger partial charge < -0.3 is 10.1 Å². The van der Waals surface area contributed by atoms with Crippen LogP contribution in [0.15, 0.2) is 29.6 Å². The molecule has 19 heavy (non-hydrogen) atoms. The molecule has 1 atom stereocenters. The van der Waals surface area contributed by atoms with Crippen LogP contribution in [0.1, 0.15) is 24.8 Å². The van der Waals surface area contributed by atoms with Crippen LogP contribution in [0.25, 0.3) is 10.1 Å². The average Bonchev–Trinajstić information content (AvgIpc) is 2.83. The smallest absolute Gasteiger partial charge is 0.0506 e. The van der Waals surface area contributed by atoms with E-state index in [0.717, 1.165) is 25.7 Å². The van der Waals surface area contributed by atoms with Gasteiger partial charge in [-0.1, -0.05) is 12.1 Å². The molecule has 1 aromatic heterocycles. The second kappa shape index (κ2) is 6.51. The molecule has 0 spiro atoms. The first-order valence-electron chi connectivity index (χ1n) is 7.19. The molecule has 1 fully saturated rings. The highest BCUT2D eigenvalue weighted by molar-refractivity contribution is 7.17. The van der Waals surface area contributed by atoms with Crippen LogP contribution < -0.4 is 5.32 Å². The van der Waals surface area contributed by atoms with E-state index in [-0.39, 0.29) is 0 Å². The zero-order valence-electron chi connectivity index (χ0n) is 11.2. The largest absolute Gasteiger partial charge is 0.381 e. The van der Waals surface area contributed by atoms with Gasteiger partial charge in [-0.15, -0.1) is 11.3 Å². The third kappa shape index (κ3) is 3.56. The van der Waals surface area contributed by atoms with E-state index in [2.05, 4.69) is 35.0 Å². The van der Waals surface area contributed by atoms with Gasteiger partial charge in [-0.3, -0.25) is 0 Å². The van der Waals surface area contributed by atoms with Gasteiger partial charge in [-0.05, 0) is 60.7 Å². The lowest BCUT2D eigenvalue weighted by molar-refractivity contribution is 0.128. The van der Waals surface area contributed by atoms with E-state index in [1.165, 1.54) is 41.5 Å². The molecule has 0 bridgehead atoms. The highest BCUT2D eigenvalue weighted by Gasteiger charge is 2.14. The Balaban J connectivity index is 1.34. The Labute approximate surface area is 118 Å². The van der Waals surface area contributed by atoms with Gasteiger partial charge in [-0.2, -0.15) is 0 Å². The van der Waals surface area contributed by atoms with Crippen LogP contribution in [0.5, 0.6) is 0 Å². The van der Waals surface area contributed by atoms with Gasteiger partial charge in [0, 0.05) is 17.3 Å². The summed E-state index contributed by atoms with van der Waals surface area (Å²) in [5.74, 6) is 0. The van der Waals surface area contributed by atoms with Crippen molar-refractivity contribution in [3.63, 3.8) is 0 Å². The van der Waals surface area contributed by atoms with Crippen LogP contribution in [0, 0.1) is 0 Å². The molecule has 2 aromatic rings. The lowest BCUT2D eigenvalue weighted by Gasteiger charge is -2.27. The molecule has 0 saturated carbocycles. The van der Waals surface area contributed by atoms with E-state index in [4.69, 9.17) is 4.74 Å². The van der Waals surface area contributed by atoms with Crippen molar-refractivity contribution < 1.29 is 4.74 Å². The molecule has 3 heteroatoms. The summed E-state index contributed by atoms with van der Waals surface area (Å²) in [6.07, 6.45) is 4.82. The zero-order valence-corrected chi connectivity index (χ0v) is 12.0. The standard InChI is InChI=1S/C16H21NOS/c1(2-15-5-8-17-15)9-18-10-6-13-3-4-16-14(12-13)7-11-19-16/h3-4,7,11-12,15,17H,1-2,5-6,8-10H2. The van der Waals surface area contributed by atoms with Gasteiger partial charge in [0.25, 0.3) is 0 Å². The van der Waals surface area contributed by atoms with Gasteiger partial charge in [-0.25, -0.2) is 0 Å².